The van der Waals surface area contributed by atoms with E-state index in [2.05, 4.69) is 43.7 Å². The van der Waals surface area contributed by atoms with Crippen LogP contribution in [0.2, 0.25) is 0 Å². The van der Waals surface area contributed by atoms with E-state index in [0.717, 1.165) is 46.8 Å². The molecule has 2 aromatic rings. The molecule has 3 heterocycles. The number of rotatable bonds is 4. The van der Waals surface area contributed by atoms with Crippen molar-refractivity contribution in [1.29, 1.82) is 0 Å². The van der Waals surface area contributed by atoms with Gasteiger partial charge in [-0.05, 0) is 27.0 Å². The topological polar surface area (TPSA) is 58.0 Å². The van der Waals surface area contributed by atoms with Crippen LogP contribution >= 0.6 is 11.8 Å². The molecule has 1 fully saturated rings. The maximum Gasteiger partial charge on any atom is 0.189 e. The monoisotopic (exact) mass is 330 g/mol. The molecule has 122 valence electrons. The Hall–Kier alpha value is -1.89. The number of anilines is 2. The number of thioether (sulfide) groups is 1. The molecule has 0 spiro atoms. The minimum absolute atomic E-state index is 0.439. The molecule has 1 saturated heterocycles. The summed E-state index contributed by atoms with van der Waals surface area (Å²) in [5.74, 6) is 2.04. The highest BCUT2D eigenvalue weighted by atomic mass is 32.2. The van der Waals surface area contributed by atoms with E-state index in [4.69, 9.17) is 0 Å². The second kappa shape index (κ2) is 6.31. The molecule has 7 heteroatoms. The summed E-state index contributed by atoms with van der Waals surface area (Å²) in [4.78, 5) is 22.3. The first-order chi connectivity index (χ1) is 11.0. The number of aromatic nitrogens is 4. The molecule has 0 unspecified atom stereocenters. The number of hydrogen-bond acceptors (Lipinski definition) is 7. The Morgan fingerprint density at radius 3 is 2.61 bits per heavy atom. The van der Waals surface area contributed by atoms with E-state index in [9.17, 15) is 0 Å². The van der Waals surface area contributed by atoms with Gasteiger partial charge in [0.25, 0.3) is 0 Å². The standard InChI is InChI=1S/C16H22N6S/c1-10-6-14(20-16(19-10)23-5)21(4)13-7-22(8-13)15-11(2)12(3)17-9-18-15/h6,9,13H,7-8H2,1-5H3. The molecule has 0 saturated carbocycles. The van der Waals surface area contributed by atoms with Crippen molar-refractivity contribution in [3.8, 4) is 0 Å². The predicted molar refractivity (Wildman–Crippen MR) is 94.5 cm³/mol. The summed E-state index contributed by atoms with van der Waals surface area (Å²) in [6.07, 6.45) is 3.65. The number of hydrogen-bond donors (Lipinski definition) is 0. The van der Waals surface area contributed by atoms with Crippen LogP contribution in [0.25, 0.3) is 0 Å². The van der Waals surface area contributed by atoms with Gasteiger partial charge >= 0.3 is 0 Å². The zero-order valence-corrected chi connectivity index (χ0v) is 15.1. The Morgan fingerprint density at radius 1 is 1.17 bits per heavy atom. The second-order valence-corrected chi connectivity index (χ2v) is 6.71. The Morgan fingerprint density at radius 2 is 1.91 bits per heavy atom. The summed E-state index contributed by atoms with van der Waals surface area (Å²) in [5, 5.41) is 0.824. The van der Waals surface area contributed by atoms with Crippen molar-refractivity contribution in [3.63, 3.8) is 0 Å². The molecular weight excluding hydrogens is 308 g/mol. The lowest BCUT2D eigenvalue weighted by Gasteiger charge is -2.45. The summed E-state index contributed by atoms with van der Waals surface area (Å²) >= 11 is 1.58. The summed E-state index contributed by atoms with van der Waals surface area (Å²) in [7, 11) is 2.10. The maximum atomic E-state index is 4.62. The first kappa shape index (κ1) is 16.0. The van der Waals surface area contributed by atoms with Crippen LogP contribution in [0.15, 0.2) is 17.6 Å². The fourth-order valence-electron chi connectivity index (χ4n) is 2.70. The first-order valence-electron chi connectivity index (χ1n) is 7.65. The van der Waals surface area contributed by atoms with Gasteiger partial charge in [-0.25, -0.2) is 19.9 Å². The Labute approximate surface area is 141 Å². The van der Waals surface area contributed by atoms with Gasteiger partial charge in [0, 0.05) is 43.2 Å². The van der Waals surface area contributed by atoms with Gasteiger partial charge in [-0.2, -0.15) is 0 Å². The number of nitrogens with zero attached hydrogens (tertiary/aromatic N) is 6. The van der Waals surface area contributed by atoms with Gasteiger partial charge in [-0.15, -0.1) is 0 Å². The van der Waals surface area contributed by atoms with Crippen molar-refractivity contribution >= 4 is 23.4 Å². The minimum atomic E-state index is 0.439. The third-order valence-electron chi connectivity index (χ3n) is 4.38. The Bertz CT molecular complexity index is 714. The molecule has 0 amide bonds. The number of aryl methyl sites for hydroxylation is 2. The van der Waals surface area contributed by atoms with Crippen LogP contribution < -0.4 is 9.80 Å². The normalized spacial score (nSPS) is 14.7. The van der Waals surface area contributed by atoms with Crippen LogP contribution in [-0.2, 0) is 0 Å². The van der Waals surface area contributed by atoms with E-state index in [0.29, 0.717) is 6.04 Å². The quantitative estimate of drug-likeness (QED) is 0.629. The van der Waals surface area contributed by atoms with Crippen molar-refractivity contribution in [2.24, 2.45) is 0 Å². The average molecular weight is 330 g/mol. The van der Waals surface area contributed by atoms with Crippen LogP contribution in [0.4, 0.5) is 11.6 Å². The summed E-state index contributed by atoms with van der Waals surface area (Å²) < 4.78 is 0. The van der Waals surface area contributed by atoms with Crippen molar-refractivity contribution in [2.45, 2.75) is 32.0 Å². The van der Waals surface area contributed by atoms with Crippen molar-refractivity contribution in [1.82, 2.24) is 19.9 Å². The van der Waals surface area contributed by atoms with Gasteiger partial charge in [0.15, 0.2) is 5.16 Å². The predicted octanol–water partition coefficient (Wildman–Crippen LogP) is 2.24. The average Bonchev–Trinajstić information content (AvgIpc) is 2.49. The summed E-state index contributed by atoms with van der Waals surface area (Å²) in [5.41, 5.74) is 3.21. The summed E-state index contributed by atoms with van der Waals surface area (Å²) in [6, 6.07) is 2.48. The lowest BCUT2D eigenvalue weighted by Crippen LogP contribution is -2.59. The SMILES string of the molecule is CSc1nc(C)cc(N(C)C2CN(c3ncnc(C)c3C)C2)n1. The van der Waals surface area contributed by atoms with E-state index < -0.39 is 0 Å². The van der Waals surface area contributed by atoms with E-state index in [1.54, 1.807) is 18.1 Å². The first-order valence-corrected chi connectivity index (χ1v) is 8.87. The maximum absolute atomic E-state index is 4.62. The molecule has 0 bridgehead atoms. The van der Waals surface area contributed by atoms with Gasteiger partial charge in [0.05, 0.1) is 6.04 Å². The fourth-order valence-corrected chi connectivity index (χ4v) is 3.12. The molecular formula is C16H22N6S. The molecule has 1 aliphatic rings. The zero-order valence-electron chi connectivity index (χ0n) is 14.2. The van der Waals surface area contributed by atoms with Crippen LogP contribution in [0.3, 0.4) is 0 Å². The van der Waals surface area contributed by atoms with Crippen molar-refractivity contribution in [3.05, 3.63) is 29.3 Å². The molecule has 0 radical (unpaired) electrons. The highest BCUT2D eigenvalue weighted by Crippen LogP contribution is 2.27. The lowest BCUT2D eigenvalue weighted by atomic mass is 10.1. The van der Waals surface area contributed by atoms with Crippen molar-refractivity contribution in [2.75, 3.05) is 36.2 Å². The molecule has 23 heavy (non-hydrogen) atoms. The van der Waals surface area contributed by atoms with Crippen molar-refractivity contribution < 1.29 is 0 Å². The van der Waals surface area contributed by atoms with Gasteiger partial charge in [-0.3, -0.25) is 0 Å². The van der Waals surface area contributed by atoms with E-state index in [1.807, 2.05) is 26.2 Å². The highest BCUT2D eigenvalue weighted by Gasteiger charge is 2.32. The molecule has 0 atom stereocenters. The smallest absolute Gasteiger partial charge is 0.189 e. The molecule has 2 aromatic heterocycles. The fraction of sp³-hybridized carbons (Fsp3) is 0.500. The largest absolute Gasteiger partial charge is 0.353 e. The second-order valence-electron chi connectivity index (χ2n) is 5.93. The molecule has 6 nitrogen and oxygen atoms in total. The van der Waals surface area contributed by atoms with Gasteiger partial charge in [0.1, 0.15) is 18.0 Å². The molecule has 0 N–H and O–H groups in total. The molecule has 0 aliphatic carbocycles. The van der Waals surface area contributed by atoms with E-state index >= 15 is 0 Å². The van der Waals surface area contributed by atoms with Crippen LogP contribution in [-0.4, -0.2) is 52.4 Å². The van der Waals surface area contributed by atoms with Crippen LogP contribution in [0.1, 0.15) is 17.0 Å². The minimum Gasteiger partial charge on any atom is -0.353 e. The third kappa shape index (κ3) is 3.10. The molecule has 1 aliphatic heterocycles. The van der Waals surface area contributed by atoms with E-state index in [-0.39, 0.29) is 0 Å². The molecule has 3 rings (SSSR count). The van der Waals surface area contributed by atoms with Gasteiger partial charge in [-0.1, -0.05) is 11.8 Å². The Kier molecular flexibility index (Phi) is 4.39. The van der Waals surface area contributed by atoms with E-state index in [1.165, 1.54) is 0 Å². The Balaban J connectivity index is 1.71. The zero-order chi connectivity index (χ0) is 16.6. The van der Waals surface area contributed by atoms with Crippen LogP contribution in [0, 0.1) is 20.8 Å². The van der Waals surface area contributed by atoms with Gasteiger partial charge in [0.2, 0.25) is 0 Å². The van der Waals surface area contributed by atoms with Crippen LogP contribution in [0.5, 0.6) is 0 Å². The third-order valence-corrected chi connectivity index (χ3v) is 4.93. The highest BCUT2D eigenvalue weighted by molar-refractivity contribution is 7.98. The van der Waals surface area contributed by atoms with Gasteiger partial charge < -0.3 is 9.80 Å². The molecule has 0 aromatic carbocycles. The summed E-state index contributed by atoms with van der Waals surface area (Å²) in [6.45, 7) is 8.02. The number of likely N-dealkylation sites (N-methyl/N-ethyl adjacent to an activating group) is 1. The lowest BCUT2D eigenvalue weighted by molar-refractivity contribution is 0.487.